The number of aliphatic hydroxyl groups is 1. The van der Waals surface area contributed by atoms with E-state index < -0.39 is 11.7 Å². The summed E-state index contributed by atoms with van der Waals surface area (Å²) in [6.07, 6.45) is -4.36. The number of aliphatic hydroxyl groups excluding tert-OH is 1. The molecule has 0 atom stereocenters. The van der Waals surface area contributed by atoms with E-state index in [1.54, 1.807) is 24.3 Å². The Hall–Kier alpha value is -1.53. The molecular weight excluding hydrogens is 349 g/mol. The predicted molar refractivity (Wildman–Crippen MR) is 75.8 cm³/mol. The van der Waals surface area contributed by atoms with Crippen LogP contribution >= 0.6 is 15.9 Å². The molecule has 6 heteroatoms. The number of ether oxygens (including phenoxy) is 1. The summed E-state index contributed by atoms with van der Waals surface area (Å²) < 4.78 is 44.0. The Morgan fingerprint density at radius 1 is 1.05 bits per heavy atom. The molecule has 0 amide bonds. The summed E-state index contributed by atoms with van der Waals surface area (Å²) in [4.78, 5) is 0. The number of benzene rings is 2. The van der Waals surface area contributed by atoms with Crippen molar-refractivity contribution in [2.45, 2.75) is 19.4 Å². The van der Waals surface area contributed by atoms with E-state index >= 15 is 0 Å². The molecule has 0 unspecified atom stereocenters. The van der Waals surface area contributed by atoms with Crippen LogP contribution in [0.3, 0.4) is 0 Å². The van der Waals surface area contributed by atoms with Crippen molar-refractivity contribution in [1.82, 2.24) is 0 Å². The first-order valence-electron chi connectivity index (χ1n) is 6.08. The second kappa shape index (κ2) is 6.49. The minimum absolute atomic E-state index is 0.0288. The van der Waals surface area contributed by atoms with Crippen molar-refractivity contribution in [2.24, 2.45) is 0 Å². The third-order valence-electron chi connectivity index (χ3n) is 2.83. The molecule has 2 rings (SSSR count). The smallest absolute Gasteiger partial charge is 0.416 e. The van der Waals surface area contributed by atoms with Crippen LogP contribution < -0.4 is 4.74 Å². The molecule has 0 aromatic heterocycles. The van der Waals surface area contributed by atoms with Gasteiger partial charge in [0.15, 0.2) is 0 Å². The van der Waals surface area contributed by atoms with Gasteiger partial charge in [0.1, 0.15) is 12.4 Å². The van der Waals surface area contributed by atoms with Crippen LogP contribution in [0.1, 0.15) is 16.7 Å². The highest BCUT2D eigenvalue weighted by atomic mass is 79.9. The SMILES string of the molecule is OCc1ccc(OCc2cccc(C(F)(F)F)c2)c(Br)c1. The second-order valence-corrected chi connectivity index (χ2v) is 5.26. The lowest BCUT2D eigenvalue weighted by atomic mass is 10.1. The van der Waals surface area contributed by atoms with Crippen LogP contribution in [0.25, 0.3) is 0 Å². The average molecular weight is 361 g/mol. The van der Waals surface area contributed by atoms with Crippen LogP contribution in [-0.2, 0) is 19.4 Å². The van der Waals surface area contributed by atoms with Gasteiger partial charge < -0.3 is 9.84 Å². The Balaban J connectivity index is 2.10. The highest BCUT2D eigenvalue weighted by Crippen LogP contribution is 2.30. The number of alkyl halides is 3. The Kier molecular flexibility index (Phi) is 4.90. The number of hydrogen-bond acceptors (Lipinski definition) is 2. The van der Waals surface area contributed by atoms with Gasteiger partial charge in [-0.05, 0) is 51.3 Å². The van der Waals surface area contributed by atoms with E-state index in [2.05, 4.69) is 15.9 Å². The molecule has 0 heterocycles. The Bertz CT molecular complexity index is 627. The molecule has 0 aliphatic rings. The van der Waals surface area contributed by atoms with Gasteiger partial charge in [-0.2, -0.15) is 13.2 Å². The number of halogens is 4. The van der Waals surface area contributed by atoms with Gasteiger partial charge in [-0.1, -0.05) is 18.2 Å². The standard InChI is InChI=1S/C15H12BrF3O2/c16-13-7-10(8-20)4-5-14(13)21-9-11-2-1-3-12(6-11)15(17,18)19/h1-7,20H,8-9H2. The van der Waals surface area contributed by atoms with E-state index in [-0.39, 0.29) is 13.2 Å². The van der Waals surface area contributed by atoms with Crippen molar-refractivity contribution in [2.75, 3.05) is 0 Å². The first kappa shape index (κ1) is 15.9. The summed E-state index contributed by atoms with van der Waals surface area (Å²) in [5.74, 6) is 0.504. The lowest BCUT2D eigenvalue weighted by molar-refractivity contribution is -0.137. The van der Waals surface area contributed by atoms with E-state index in [1.807, 2.05) is 0 Å². The van der Waals surface area contributed by atoms with Gasteiger partial charge in [0, 0.05) is 0 Å². The van der Waals surface area contributed by atoms with Crippen molar-refractivity contribution >= 4 is 15.9 Å². The third kappa shape index (κ3) is 4.22. The lowest BCUT2D eigenvalue weighted by Gasteiger charge is -2.11. The van der Waals surface area contributed by atoms with Crippen LogP contribution in [0.5, 0.6) is 5.75 Å². The summed E-state index contributed by atoms with van der Waals surface area (Å²) in [6.45, 7) is -0.0620. The zero-order chi connectivity index (χ0) is 15.5. The van der Waals surface area contributed by atoms with Crippen molar-refractivity contribution in [1.29, 1.82) is 0 Å². The Morgan fingerprint density at radius 3 is 2.43 bits per heavy atom. The molecule has 0 aliphatic carbocycles. The lowest BCUT2D eigenvalue weighted by Crippen LogP contribution is -2.06. The van der Waals surface area contributed by atoms with Crippen LogP contribution in [0, 0.1) is 0 Å². The largest absolute Gasteiger partial charge is 0.488 e. The predicted octanol–water partition coefficient (Wildman–Crippen LogP) is 4.54. The maximum atomic E-state index is 12.6. The van der Waals surface area contributed by atoms with Gasteiger partial charge in [-0.3, -0.25) is 0 Å². The van der Waals surface area contributed by atoms with Crippen LogP contribution in [0.15, 0.2) is 46.9 Å². The Labute approximate surface area is 128 Å². The molecule has 2 aromatic rings. The molecule has 0 bridgehead atoms. The van der Waals surface area contributed by atoms with Gasteiger partial charge in [-0.15, -0.1) is 0 Å². The average Bonchev–Trinajstić information content (AvgIpc) is 2.45. The molecule has 1 N–H and O–H groups in total. The van der Waals surface area contributed by atoms with E-state index in [0.717, 1.165) is 12.1 Å². The fraction of sp³-hybridized carbons (Fsp3) is 0.200. The summed E-state index contributed by atoms with van der Waals surface area (Å²) in [6, 6.07) is 10.1. The summed E-state index contributed by atoms with van der Waals surface area (Å²) in [5, 5.41) is 9.00. The van der Waals surface area contributed by atoms with Gasteiger partial charge in [-0.25, -0.2) is 0 Å². The molecule has 0 fully saturated rings. The molecular formula is C15H12BrF3O2. The van der Waals surface area contributed by atoms with Gasteiger partial charge in [0.2, 0.25) is 0 Å². The summed E-state index contributed by atoms with van der Waals surface area (Å²) >= 11 is 3.29. The molecule has 0 saturated carbocycles. The van der Waals surface area contributed by atoms with E-state index in [9.17, 15) is 13.2 Å². The first-order valence-corrected chi connectivity index (χ1v) is 6.87. The van der Waals surface area contributed by atoms with Crippen LogP contribution in [-0.4, -0.2) is 5.11 Å². The third-order valence-corrected chi connectivity index (χ3v) is 3.45. The fourth-order valence-corrected chi connectivity index (χ4v) is 2.30. The fourth-order valence-electron chi connectivity index (χ4n) is 1.76. The Morgan fingerprint density at radius 2 is 1.81 bits per heavy atom. The van der Waals surface area contributed by atoms with Gasteiger partial charge >= 0.3 is 6.18 Å². The van der Waals surface area contributed by atoms with E-state index in [0.29, 0.717) is 21.3 Å². The number of rotatable bonds is 4. The minimum Gasteiger partial charge on any atom is -0.488 e. The van der Waals surface area contributed by atoms with Crippen molar-refractivity contribution in [3.05, 3.63) is 63.6 Å². The van der Waals surface area contributed by atoms with E-state index in [1.165, 1.54) is 6.07 Å². The highest BCUT2D eigenvalue weighted by Gasteiger charge is 2.30. The monoisotopic (exact) mass is 360 g/mol. The molecule has 2 nitrogen and oxygen atoms in total. The topological polar surface area (TPSA) is 29.5 Å². The van der Waals surface area contributed by atoms with Crippen molar-refractivity contribution in [3.63, 3.8) is 0 Å². The van der Waals surface area contributed by atoms with Crippen LogP contribution in [0.4, 0.5) is 13.2 Å². The minimum atomic E-state index is -4.36. The molecule has 21 heavy (non-hydrogen) atoms. The second-order valence-electron chi connectivity index (χ2n) is 4.41. The van der Waals surface area contributed by atoms with Gasteiger partial charge in [0.05, 0.1) is 16.6 Å². The quantitative estimate of drug-likeness (QED) is 0.867. The summed E-state index contributed by atoms with van der Waals surface area (Å²) in [7, 11) is 0. The molecule has 0 radical (unpaired) electrons. The normalized spacial score (nSPS) is 11.5. The molecule has 0 spiro atoms. The number of hydrogen-bond donors (Lipinski definition) is 1. The van der Waals surface area contributed by atoms with E-state index in [4.69, 9.17) is 9.84 Å². The maximum Gasteiger partial charge on any atom is 0.416 e. The molecule has 0 aliphatic heterocycles. The molecule has 112 valence electrons. The maximum absolute atomic E-state index is 12.6. The van der Waals surface area contributed by atoms with Crippen LogP contribution in [0.2, 0.25) is 0 Å². The molecule has 0 saturated heterocycles. The zero-order valence-corrected chi connectivity index (χ0v) is 12.4. The van der Waals surface area contributed by atoms with Crippen molar-refractivity contribution < 1.29 is 23.0 Å². The van der Waals surface area contributed by atoms with Crippen molar-refractivity contribution in [3.8, 4) is 5.75 Å². The highest BCUT2D eigenvalue weighted by molar-refractivity contribution is 9.10. The first-order chi connectivity index (χ1) is 9.90. The zero-order valence-electron chi connectivity index (χ0n) is 10.8. The van der Waals surface area contributed by atoms with Gasteiger partial charge in [0.25, 0.3) is 0 Å². The molecule has 2 aromatic carbocycles. The summed E-state index contributed by atoms with van der Waals surface area (Å²) in [5.41, 5.74) is 0.453.